The van der Waals surface area contributed by atoms with Gasteiger partial charge in [0.1, 0.15) is 5.65 Å². The van der Waals surface area contributed by atoms with Gasteiger partial charge in [-0.25, -0.2) is 4.98 Å². The van der Waals surface area contributed by atoms with Crippen molar-refractivity contribution in [3.63, 3.8) is 0 Å². The van der Waals surface area contributed by atoms with Crippen LogP contribution in [0.15, 0.2) is 59.8 Å². The Morgan fingerprint density at radius 2 is 1.97 bits per heavy atom. The van der Waals surface area contributed by atoms with Gasteiger partial charge in [-0.2, -0.15) is 0 Å². The molecule has 7 nitrogen and oxygen atoms in total. The molecule has 4 heterocycles. The van der Waals surface area contributed by atoms with Crippen LogP contribution < -0.4 is 5.56 Å². The van der Waals surface area contributed by atoms with Crippen molar-refractivity contribution in [2.24, 2.45) is 0 Å². The van der Waals surface area contributed by atoms with Crippen molar-refractivity contribution in [3.05, 3.63) is 82.2 Å². The van der Waals surface area contributed by atoms with E-state index in [1.165, 1.54) is 11.9 Å². The number of benzene rings is 1. The highest BCUT2D eigenvalue weighted by Crippen LogP contribution is 2.22. The Bertz CT molecular complexity index is 1280. The summed E-state index contributed by atoms with van der Waals surface area (Å²) in [6.07, 6.45) is 7.25. The molecule has 4 aromatic rings. The van der Waals surface area contributed by atoms with E-state index in [9.17, 15) is 4.79 Å². The number of aromatic amines is 2. The van der Waals surface area contributed by atoms with E-state index >= 15 is 0 Å². The third-order valence-electron chi connectivity index (χ3n) is 5.43. The van der Waals surface area contributed by atoms with Gasteiger partial charge in [-0.3, -0.25) is 14.7 Å². The first-order valence-corrected chi connectivity index (χ1v) is 10.3. The highest BCUT2D eigenvalue weighted by Gasteiger charge is 2.10. The molecule has 31 heavy (non-hydrogen) atoms. The number of hydrogen-bond acceptors (Lipinski definition) is 5. The number of nitrogens with zero attached hydrogens (tertiary/aromatic N) is 3. The number of morpholine rings is 1. The molecule has 0 amide bonds. The molecule has 2 N–H and O–H groups in total. The van der Waals surface area contributed by atoms with E-state index in [1.54, 1.807) is 6.20 Å². The fourth-order valence-corrected chi connectivity index (χ4v) is 3.81. The van der Waals surface area contributed by atoms with Gasteiger partial charge < -0.3 is 14.7 Å². The van der Waals surface area contributed by atoms with Gasteiger partial charge in [0.15, 0.2) is 0 Å². The Kier molecular flexibility index (Phi) is 5.43. The molecule has 1 fully saturated rings. The molecule has 1 aliphatic heterocycles. The van der Waals surface area contributed by atoms with Crippen LogP contribution in [0.2, 0.25) is 0 Å². The van der Waals surface area contributed by atoms with Crippen molar-refractivity contribution in [1.82, 2.24) is 24.8 Å². The summed E-state index contributed by atoms with van der Waals surface area (Å²) in [5, 5.41) is 0.545. The van der Waals surface area contributed by atoms with Crippen molar-refractivity contribution in [1.29, 1.82) is 0 Å². The average molecular weight is 413 g/mol. The van der Waals surface area contributed by atoms with Crippen LogP contribution >= 0.6 is 0 Å². The second-order valence-electron chi connectivity index (χ2n) is 7.61. The van der Waals surface area contributed by atoms with Gasteiger partial charge in [-0.1, -0.05) is 30.3 Å². The van der Waals surface area contributed by atoms with Gasteiger partial charge in [0.05, 0.1) is 30.6 Å². The lowest BCUT2D eigenvalue weighted by molar-refractivity contribution is 0.0342. The van der Waals surface area contributed by atoms with Crippen molar-refractivity contribution < 1.29 is 4.74 Å². The van der Waals surface area contributed by atoms with Gasteiger partial charge in [0, 0.05) is 37.1 Å². The topological polar surface area (TPSA) is 86.9 Å². The molecule has 0 aliphatic carbocycles. The van der Waals surface area contributed by atoms with Crippen LogP contribution in [0.1, 0.15) is 16.8 Å². The predicted molar refractivity (Wildman–Crippen MR) is 121 cm³/mol. The normalized spacial score (nSPS) is 15.1. The molecule has 0 saturated carbocycles. The van der Waals surface area contributed by atoms with Gasteiger partial charge in [0.2, 0.25) is 0 Å². The van der Waals surface area contributed by atoms with Gasteiger partial charge in [-0.05, 0) is 35.4 Å². The first-order chi connectivity index (χ1) is 15.2. The molecule has 0 bridgehead atoms. The van der Waals surface area contributed by atoms with E-state index in [0.29, 0.717) is 11.0 Å². The zero-order valence-corrected chi connectivity index (χ0v) is 17.0. The second-order valence-corrected chi connectivity index (χ2v) is 7.61. The Morgan fingerprint density at radius 1 is 1.06 bits per heavy atom. The average Bonchev–Trinajstić information content (AvgIpc) is 3.25. The van der Waals surface area contributed by atoms with Crippen molar-refractivity contribution in [2.45, 2.75) is 6.54 Å². The first-order valence-electron chi connectivity index (χ1n) is 10.3. The molecular formula is C24H23N5O2. The summed E-state index contributed by atoms with van der Waals surface area (Å²) in [7, 11) is 0. The molecular weight excluding hydrogens is 390 g/mol. The fraction of sp³-hybridized carbons (Fsp3) is 0.208. The molecule has 0 spiro atoms. The summed E-state index contributed by atoms with van der Waals surface area (Å²) < 4.78 is 5.43. The number of rotatable bonds is 5. The van der Waals surface area contributed by atoms with Gasteiger partial charge in [-0.15, -0.1) is 0 Å². The lowest BCUT2D eigenvalue weighted by Gasteiger charge is -2.26. The van der Waals surface area contributed by atoms with Crippen LogP contribution in [0.5, 0.6) is 0 Å². The second kappa shape index (κ2) is 8.67. The summed E-state index contributed by atoms with van der Waals surface area (Å²) in [6.45, 7) is 4.51. The predicted octanol–water partition coefficient (Wildman–Crippen LogP) is 3.32. The third-order valence-corrected chi connectivity index (χ3v) is 5.43. The molecule has 5 rings (SSSR count). The monoisotopic (exact) mass is 413 g/mol. The molecule has 0 radical (unpaired) electrons. The van der Waals surface area contributed by atoms with Crippen LogP contribution in [-0.4, -0.2) is 51.1 Å². The quantitative estimate of drug-likeness (QED) is 0.524. The number of fused-ring (bicyclic) bond motifs is 1. The van der Waals surface area contributed by atoms with Crippen LogP contribution in [0.4, 0.5) is 0 Å². The lowest BCUT2D eigenvalue weighted by Crippen LogP contribution is -2.35. The number of hydrogen-bond donors (Lipinski definition) is 2. The minimum atomic E-state index is -0.154. The largest absolute Gasteiger partial charge is 0.379 e. The third kappa shape index (κ3) is 4.47. The van der Waals surface area contributed by atoms with Crippen molar-refractivity contribution in [2.75, 3.05) is 26.3 Å². The maximum atomic E-state index is 12.0. The molecule has 1 aromatic carbocycles. The Balaban J connectivity index is 1.35. The van der Waals surface area contributed by atoms with Gasteiger partial charge >= 0.3 is 0 Å². The van der Waals surface area contributed by atoms with E-state index in [0.717, 1.165) is 55.4 Å². The first kappa shape index (κ1) is 19.4. The van der Waals surface area contributed by atoms with E-state index in [4.69, 9.17) is 4.74 Å². The number of ether oxygens (including phenoxy) is 1. The Labute approximate surface area is 179 Å². The Hall–Kier alpha value is -3.55. The maximum Gasteiger partial charge on any atom is 0.260 e. The number of nitrogens with one attached hydrogen (secondary N) is 2. The molecule has 0 atom stereocenters. The number of H-pyrrole nitrogens is 2. The van der Waals surface area contributed by atoms with E-state index < -0.39 is 0 Å². The van der Waals surface area contributed by atoms with E-state index in [1.807, 2.05) is 24.3 Å². The molecule has 0 unspecified atom stereocenters. The molecule has 3 aromatic heterocycles. The fourth-order valence-electron chi connectivity index (χ4n) is 3.81. The molecule has 1 aliphatic rings. The minimum absolute atomic E-state index is 0.154. The van der Waals surface area contributed by atoms with E-state index in [2.05, 4.69) is 55.2 Å². The van der Waals surface area contributed by atoms with Crippen molar-refractivity contribution in [3.8, 4) is 11.3 Å². The SMILES string of the molecule is O=c1[nH]cnc2[nH]c(-c3ccnc(C=Cc4cccc(CN5CCOCC5)c4)c3)cc12. The maximum absolute atomic E-state index is 12.0. The summed E-state index contributed by atoms with van der Waals surface area (Å²) in [5.74, 6) is 0. The standard InChI is InChI=1S/C24H23N5O2/c30-24-21-14-22(28-23(21)26-16-27-24)19-6-7-25-20(13-19)5-4-17-2-1-3-18(12-17)15-29-8-10-31-11-9-29/h1-7,12-14,16H,8-11,15H2,(H2,26,27,28,30). The molecule has 1 saturated heterocycles. The number of pyridine rings is 1. The smallest absolute Gasteiger partial charge is 0.260 e. The zero-order chi connectivity index (χ0) is 21.0. The summed E-state index contributed by atoms with van der Waals surface area (Å²) in [6, 6.07) is 14.3. The highest BCUT2D eigenvalue weighted by molar-refractivity contribution is 5.82. The van der Waals surface area contributed by atoms with Crippen LogP contribution in [-0.2, 0) is 11.3 Å². The minimum Gasteiger partial charge on any atom is -0.379 e. The molecule has 156 valence electrons. The Morgan fingerprint density at radius 3 is 2.84 bits per heavy atom. The number of aromatic nitrogens is 4. The molecule has 7 heteroatoms. The van der Waals surface area contributed by atoms with Crippen LogP contribution in [0.3, 0.4) is 0 Å². The lowest BCUT2D eigenvalue weighted by atomic mass is 10.1. The van der Waals surface area contributed by atoms with Gasteiger partial charge in [0.25, 0.3) is 5.56 Å². The summed E-state index contributed by atoms with van der Waals surface area (Å²) >= 11 is 0. The van der Waals surface area contributed by atoms with Crippen LogP contribution in [0.25, 0.3) is 34.4 Å². The van der Waals surface area contributed by atoms with E-state index in [-0.39, 0.29) is 5.56 Å². The van der Waals surface area contributed by atoms with Crippen LogP contribution in [0, 0.1) is 0 Å². The zero-order valence-electron chi connectivity index (χ0n) is 17.0. The highest BCUT2D eigenvalue weighted by atomic mass is 16.5. The van der Waals surface area contributed by atoms with Crippen molar-refractivity contribution >= 4 is 23.2 Å². The summed E-state index contributed by atoms with van der Waals surface area (Å²) in [4.78, 5) is 28.8. The summed E-state index contributed by atoms with van der Waals surface area (Å²) in [5.41, 5.74) is 5.48.